The van der Waals surface area contributed by atoms with Gasteiger partial charge in [-0.25, -0.2) is 9.83 Å². The van der Waals surface area contributed by atoms with Gasteiger partial charge < -0.3 is 14.8 Å². The van der Waals surface area contributed by atoms with E-state index in [4.69, 9.17) is 11.6 Å². The third-order valence-electron chi connectivity index (χ3n) is 5.43. The van der Waals surface area contributed by atoms with Crippen molar-refractivity contribution in [2.24, 2.45) is 0 Å². The Morgan fingerprint density at radius 1 is 1.39 bits per heavy atom. The molecule has 1 aromatic carbocycles. The van der Waals surface area contributed by atoms with Crippen LogP contribution in [0.3, 0.4) is 0 Å². The quantitative estimate of drug-likeness (QED) is 0.488. The number of aryl methyl sites for hydroxylation is 1. The maximum absolute atomic E-state index is 11.2. The number of aliphatic hydroxyl groups is 1. The minimum absolute atomic E-state index is 0.186. The fraction of sp³-hybridized carbons (Fsp3) is 0.417. The third kappa shape index (κ3) is 5.44. The largest absolute Gasteiger partial charge is 0.391 e. The molecular weight excluding hydrogens is 408 g/mol. The molecule has 0 radical (unpaired) electrons. The van der Waals surface area contributed by atoms with Crippen LogP contribution in [0.4, 0.5) is 11.5 Å². The summed E-state index contributed by atoms with van der Waals surface area (Å²) in [5.41, 5.74) is 3.86. The summed E-state index contributed by atoms with van der Waals surface area (Å²) in [6.45, 7) is 12.3. The van der Waals surface area contributed by atoms with E-state index in [2.05, 4.69) is 10.9 Å². The van der Waals surface area contributed by atoms with E-state index >= 15 is 0 Å². The van der Waals surface area contributed by atoms with Gasteiger partial charge in [-0.15, -0.1) is 11.8 Å². The number of carbonyl (C=O) groups excluding carboxylic acids is 1. The lowest BCUT2D eigenvalue weighted by Gasteiger charge is -2.22. The molecule has 1 aromatic heterocycles. The van der Waals surface area contributed by atoms with Crippen LogP contribution in [0.15, 0.2) is 29.3 Å². The van der Waals surface area contributed by atoms with Crippen molar-refractivity contribution < 1.29 is 9.90 Å². The van der Waals surface area contributed by atoms with Crippen LogP contribution < -0.4 is 4.90 Å². The van der Waals surface area contributed by atoms with Crippen molar-refractivity contribution in [1.29, 1.82) is 5.26 Å². The van der Waals surface area contributed by atoms with Crippen LogP contribution in [-0.2, 0) is 23.4 Å². The van der Waals surface area contributed by atoms with Gasteiger partial charge in [0.15, 0.2) is 0 Å². The summed E-state index contributed by atoms with van der Waals surface area (Å²) in [7, 11) is 0. The van der Waals surface area contributed by atoms with E-state index in [1.54, 1.807) is 6.92 Å². The van der Waals surface area contributed by atoms with Crippen molar-refractivity contribution in [3.05, 3.63) is 57.9 Å². The van der Waals surface area contributed by atoms with Gasteiger partial charge in [-0.1, -0.05) is 31.2 Å². The van der Waals surface area contributed by atoms with E-state index in [1.165, 1.54) is 11.8 Å². The van der Waals surface area contributed by atoms with E-state index < -0.39 is 6.10 Å². The van der Waals surface area contributed by atoms with Crippen molar-refractivity contribution in [1.82, 2.24) is 4.98 Å². The Hall–Kier alpha value is -2.87. The lowest BCUT2D eigenvalue weighted by Crippen LogP contribution is -2.23. The molecule has 1 aliphatic heterocycles. The standard InChI is InChI=1S/C24H26N4O2S/c1-4-20-21(13-25)24(27-23(22(20)26-3)28-12-11-19(30)14-28)31-15-18-9-7-17(8-10-18)6-5-16(2)29/h7-10,19,30H,4-6,11-12,14-15H2,1-2H3. The summed E-state index contributed by atoms with van der Waals surface area (Å²) in [4.78, 5) is 21.5. The van der Waals surface area contributed by atoms with Gasteiger partial charge >= 0.3 is 0 Å². The number of hydrogen-bond acceptors (Lipinski definition) is 6. The Morgan fingerprint density at radius 2 is 2.10 bits per heavy atom. The number of Topliss-reactive ketones (excluding diaryl/α,β-unsaturated/α-hetero) is 1. The number of aliphatic hydroxyl groups excluding tert-OH is 1. The lowest BCUT2D eigenvalue weighted by molar-refractivity contribution is -0.116. The Labute approximate surface area is 187 Å². The monoisotopic (exact) mass is 434 g/mol. The van der Waals surface area contributed by atoms with Crippen LogP contribution in [-0.4, -0.2) is 35.1 Å². The molecule has 3 rings (SSSR count). The van der Waals surface area contributed by atoms with Gasteiger partial charge in [-0.2, -0.15) is 5.26 Å². The Kier molecular flexibility index (Phi) is 7.68. The zero-order valence-corrected chi connectivity index (χ0v) is 18.7. The molecule has 0 bridgehead atoms. The first-order valence-electron chi connectivity index (χ1n) is 10.4. The molecule has 1 unspecified atom stereocenters. The topological polar surface area (TPSA) is 81.6 Å². The smallest absolute Gasteiger partial charge is 0.232 e. The van der Waals surface area contributed by atoms with E-state index in [9.17, 15) is 15.2 Å². The summed E-state index contributed by atoms with van der Waals surface area (Å²) in [5, 5.41) is 20.4. The zero-order chi connectivity index (χ0) is 22.4. The number of thioether (sulfide) groups is 1. The highest BCUT2D eigenvalue weighted by Crippen LogP contribution is 2.39. The molecule has 1 fully saturated rings. The van der Waals surface area contributed by atoms with Gasteiger partial charge in [0.2, 0.25) is 5.69 Å². The minimum Gasteiger partial charge on any atom is -0.391 e. The fourth-order valence-electron chi connectivity index (χ4n) is 3.70. The maximum atomic E-state index is 11.2. The molecule has 6 nitrogen and oxygen atoms in total. The third-order valence-corrected chi connectivity index (χ3v) is 6.47. The van der Waals surface area contributed by atoms with Crippen molar-refractivity contribution in [2.75, 3.05) is 18.0 Å². The van der Waals surface area contributed by atoms with E-state index in [1.807, 2.05) is 36.1 Å². The Bertz CT molecular complexity index is 1040. The second kappa shape index (κ2) is 10.4. The molecule has 0 spiro atoms. The zero-order valence-electron chi connectivity index (χ0n) is 17.9. The SMILES string of the molecule is [C-]#[N+]c1c(N2CCC(O)C2)nc(SCc2ccc(CCC(C)=O)cc2)c(C#N)c1CC. The maximum Gasteiger partial charge on any atom is 0.232 e. The summed E-state index contributed by atoms with van der Waals surface area (Å²) in [6.07, 6.45) is 2.10. The van der Waals surface area contributed by atoms with Crippen LogP contribution >= 0.6 is 11.8 Å². The van der Waals surface area contributed by atoms with Gasteiger partial charge in [0.25, 0.3) is 0 Å². The number of ketones is 1. The number of nitrogens with zero attached hydrogens (tertiary/aromatic N) is 4. The van der Waals surface area contributed by atoms with E-state index in [-0.39, 0.29) is 5.78 Å². The molecular formula is C24H26N4O2S. The first-order chi connectivity index (χ1) is 15.0. The Balaban J connectivity index is 1.85. The molecule has 2 aromatic rings. The predicted octanol–water partition coefficient (Wildman–Crippen LogP) is 4.45. The minimum atomic E-state index is -0.418. The number of aromatic nitrogens is 1. The summed E-state index contributed by atoms with van der Waals surface area (Å²) < 4.78 is 0. The van der Waals surface area contributed by atoms with Crippen LogP contribution in [0.25, 0.3) is 4.85 Å². The molecule has 0 saturated carbocycles. The van der Waals surface area contributed by atoms with E-state index in [0.717, 1.165) is 23.1 Å². The Morgan fingerprint density at radius 3 is 2.65 bits per heavy atom. The second-order valence-corrected chi connectivity index (χ2v) is 8.68. The molecule has 0 amide bonds. The van der Waals surface area contributed by atoms with Crippen LogP contribution in [0, 0.1) is 17.9 Å². The predicted molar refractivity (Wildman–Crippen MR) is 122 cm³/mol. The highest BCUT2D eigenvalue weighted by Gasteiger charge is 2.27. The number of benzene rings is 1. The first kappa shape index (κ1) is 22.8. The number of anilines is 1. The molecule has 1 N–H and O–H groups in total. The molecule has 1 atom stereocenters. The number of rotatable bonds is 8. The molecule has 2 heterocycles. The van der Waals surface area contributed by atoms with Crippen LogP contribution in [0.1, 0.15) is 48.9 Å². The number of pyridine rings is 1. The average molecular weight is 435 g/mol. The highest BCUT2D eigenvalue weighted by molar-refractivity contribution is 7.98. The van der Waals surface area contributed by atoms with Crippen molar-refractivity contribution in [3.8, 4) is 6.07 Å². The normalized spacial score (nSPS) is 15.5. The summed E-state index contributed by atoms with van der Waals surface area (Å²) in [6, 6.07) is 10.4. The lowest BCUT2D eigenvalue weighted by atomic mass is 10.1. The number of nitriles is 1. The van der Waals surface area contributed by atoms with Crippen LogP contribution in [0.2, 0.25) is 0 Å². The van der Waals surface area contributed by atoms with Crippen molar-refractivity contribution in [3.63, 3.8) is 0 Å². The second-order valence-electron chi connectivity index (χ2n) is 7.72. The first-order valence-corrected chi connectivity index (χ1v) is 11.4. The number of hydrogen-bond donors (Lipinski definition) is 1. The molecule has 7 heteroatoms. The summed E-state index contributed by atoms with van der Waals surface area (Å²) in [5.74, 6) is 1.41. The summed E-state index contributed by atoms with van der Waals surface area (Å²) >= 11 is 1.49. The van der Waals surface area contributed by atoms with Crippen LogP contribution in [0.5, 0.6) is 0 Å². The molecule has 0 aliphatic carbocycles. The van der Waals surface area contributed by atoms with Crippen molar-refractivity contribution in [2.45, 2.75) is 56.4 Å². The molecule has 31 heavy (non-hydrogen) atoms. The average Bonchev–Trinajstić information content (AvgIpc) is 3.21. The fourth-order valence-corrected chi connectivity index (χ4v) is 4.66. The van der Waals surface area contributed by atoms with Crippen molar-refractivity contribution >= 4 is 29.1 Å². The highest BCUT2D eigenvalue weighted by atomic mass is 32.2. The van der Waals surface area contributed by atoms with Gasteiger partial charge in [0.05, 0.1) is 18.2 Å². The van der Waals surface area contributed by atoms with Gasteiger partial charge in [-0.05, 0) is 42.9 Å². The molecule has 1 saturated heterocycles. The number of β-amino-alcohol motifs (C(OH)–C–C–N with tert-alkyl or cyclic N) is 1. The van der Waals surface area contributed by atoms with Gasteiger partial charge in [0, 0.05) is 25.3 Å². The number of carbonyl (C=O) groups is 1. The molecule has 1 aliphatic rings. The van der Waals surface area contributed by atoms with E-state index in [0.29, 0.717) is 60.2 Å². The molecule has 160 valence electrons. The van der Waals surface area contributed by atoms with Gasteiger partial charge in [-0.3, -0.25) is 0 Å². The van der Waals surface area contributed by atoms with Gasteiger partial charge in [0.1, 0.15) is 22.7 Å².